The normalized spacial score (nSPS) is 10.6. The summed E-state index contributed by atoms with van der Waals surface area (Å²) in [7, 11) is 2.57. The molecule has 0 aliphatic carbocycles. The molecule has 0 saturated heterocycles. The van der Waals surface area contributed by atoms with Gasteiger partial charge in [0, 0.05) is 22.3 Å². The Balaban J connectivity index is 1.29. The summed E-state index contributed by atoms with van der Waals surface area (Å²) in [5.41, 5.74) is 3.59. The Morgan fingerprint density at radius 3 is 1.62 bits per heavy atom. The Labute approximate surface area is 231 Å². The van der Waals surface area contributed by atoms with E-state index in [0.717, 1.165) is 22.1 Å². The summed E-state index contributed by atoms with van der Waals surface area (Å²) < 4.78 is 9.58. The molecular formula is C36H22O4. The van der Waals surface area contributed by atoms with Crippen molar-refractivity contribution in [1.29, 1.82) is 0 Å². The first-order chi connectivity index (χ1) is 19.5. The molecule has 0 bridgehead atoms. The number of hydrogen-bond acceptors (Lipinski definition) is 4. The summed E-state index contributed by atoms with van der Waals surface area (Å²) in [4.78, 5) is 24.1. The highest BCUT2D eigenvalue weighted by molar-refractivity contribution is 6.23. The third kappa shape index (κ3) is 4.60. The second kappa shape index (κ2) is 10.3. The van der Waals surface area contributed by atoms with Crippen LogP contribution in [0.25, 0.3) is 32.3 Å². The summed E-state index contributed by atoms with van der Waals surface area (Å²) in [5.74, 6) is 11.6. The molecule has 4 nitrogen and oxygen atoms in total. The van der Waals surface area contributed by atoms with Gasteiger partial charge < -0.3 is 9.47 Å². The van der Waals surface area contributed by atoms with Gasteiger partial charge in [0.1, 0.15) is 0 Å². The molecule has 190 valence electrons. The van der Waals surface area contributed by atoms with Gasteiger partial charge in [-0.05, 0) is 80.8 Å². The fourth-order valence-electron chi connectivity index (χ4n) is 4.94. The molecule has 0 atom stereocenters. The smallest absolute Gasteiger partial charge is 0.337 e. The molecule has 0 unspecified atom stereocenters. The van der Waals surface area contributed by atoms with Crippen molar-refractivity contribution < 1.29 is 19.1 Å². The molecule has 6 aromatic rings. The number of rotatable bonds is 2. The lowest BCUT2D eigenvalue weighted by atomic mass is 9.92. The van der Waals surface area contributed by atoms with E-state index in [9.17, 15) is 9.59 Å². The molecule has 6 aromatic carbocycles. The zero-order valence-electron chi connectivity index (χ0n) is 21.9. The zero-order chi connectivity index (χ0) is 27.6. The van der Waals surface area contributed by atoms with Gasteiger partial charge in [-0.1, -0.05) is 72.2 Å². The van der Waals surface area contributed by atoms with Gasteiger partial charge in [-0.15, -0.1) is 0 Å². The van der Waals surface area contributed by atoms with E-state index in [-0.39, 0.29) is 11.1 Å². The van der Waals surface area contributed by atoms with Crippen LogP contribution in [0.3, 0.4) is 0 Å². The zero-order valence-corrected chi connectivity index (χ0v) is 21.9. The largest absolute Gasteiger partial charge is 0.465 e. The number of hydrogen-bond donors (Lipinski definition) is 0. The SMILES string of the molecule is COC(=O)c1cc(C#Cc2ccc(C#Cc3ccc4ccc5cccc6ccc3c4c56)cc2)cc(C(=O)OC)c1. The summed E-state index contributed by atoms with van der Waals surface area (Å²) in [6.45, 7) is 0. The van der Waals surface area contributed by atoms with Crippen LogP contribution in [0, 0.1) is 23.7 Å². The summed E-state index contributed by atoms with van der Waals surface area (Å²) in [5, 5.41) is 7.35. The van der Waals surface area contributed by atoms with Gasteiger partial charge in [-0.25, -0.2) is 9.59 Å². The summed E-state index contributed by atoms with van der Waals surface area (Å²) in [6, 6.07) is 31.5. The average Bonchev–Trinajstić information content (AvgIpc) is 3.01. The van der Waals surface area contributed by atoms with Crippen LogP contribution < -0.4 is 0 Å². The van der Waals surface area contributed by atoms with Crippen molar-refractivity contribution >= 4 is 44.3 Å². The van der Waals surface area contributed by atoms with Crippen LogP contribution >= 0.6 is 0 Å². The van der Waals surface area contributed by atoms with Gasteiger partial charge >= 0.3 is 11.9 Å². The molecule has 0 aliphatic rings. The summed E-state index contributed by atoms with van der Waals surface area (Å²) >= 11 is 0. The predicted octanol–water partition coefficient (Wildman–Crippen LogP) is 6.96. The van der Waals surface area contributed by atoms with Crippen LogP contribution in [0.1, 0.15) is 43.0 Å². The predicted molar refractivity (Wildman–Crippen MR) is 158 cm³/mol. The third-order valence-corrected chi connectivity index (χ3v) is 6.88. The number of esters is 2. The van der Waals surface area contributed by atoms with Crippen LogP contribution in [-0.4, -0.2) is 26.2 Å². The van der Waals surface area contributed by atoms with E-state index in [0.29, 0.717) is 5.56 Å². The Kier molecular flexibility index (Phi) is 6.37. The molecule has 0 N–H and O–H groups in total. The van der Waals surface area contributed by atoms with Crippen LogP contribution in [0.4, 0.5) is 0 Å². The van der Waals surface area contributed by atoms with E-state index in [1.165, 1.54) is 47.2 Å². The molecule has 6 rings (SSSR count). The van der Waals surface area contributed by atoms with Crippen molar-refractivity contribution in [1.82, 2.24) is 0 Å². The molecule has 0 amide bonds. The van der Waals surface area contributed by atoms with E-state index in [1.807, 2.05) is 24.3 Å². The fraction of sp³-hybridized carbons (Fsp3) is 0.0556. The number of benzene rings is 6. The molecule has 4 heteroatoms. The minimum absolute atomic E-state index is 0.229. The second-order valence-corrected chi connectivity index (χ2v) is 9.33. The fourth-order valence-corrected chi connectivity index (χ4v) is 4.94. The lowest BCUT2D eigenvalue weighted by Crippen LogP contribution is -2.07. The van der Waals surface area contributed by atoms with Gasteiger partial charge in [-0.3, -0.25) is 0 Å². The molecule has 0 aromatic heterocycles. The van der Waals surface area contributed by atoms with Gasteiger partial charge in [0.2, 0.25) is 0 Å². The maximum Gasteiger partial charge on any atom is 0.337 e. The molecule has 0 saturated carbocycles. The van der Waals surface area contributed by atoms with Gasteiger partial charge in [0.25, 0.3) is 0 Å². The van der Waals surface area contributed by atoms with Crippen molar-refractivity contribution in [2.45, 2.75) is 0 Å². The third-order valence-electron chi connectivity index (χ3n) is 6.88. The molecule has 0 aliphatic heterocycles. The van der Waals surface area contributed by atoms with Crippen LogP contribution in [0.5, 0.6) is 0 Å². The summed E-state index contributed by atoms with van der Waals surface area (Å²) in [6.07, 6.45) is 0. The van der Waals surface area contributed by atoms with Crippen LogP contribution in [-0.2, 0) is 9.47 Å². The first-order valence-electron chi connectivity index (χ1n) is 12.7. The number of carbonyl (C=O) groups excluding carboxylic acids is 2. The van der Waals surface area contributed by atoms with Crippen molar-refractivity contribution in [2.24, 2.45) is 0 Å². The Bertz CT molecular complexity index is 2010. The van der Waals surface area contributed by atoms with Crippen molar-refractivity contribution in [2.75, 3.05) is 14.2 Å². The van der Waals surface area contributed by atoms with Crippen molar-refractivity contribution in [3.05, 3.63) is 130 Å². The first-order valence-corrected chi connectivity index (χ1v) is 12.7. The van der Waals surface area contributed by atoms with E-state index in [1.54, 1.807) is 12.1 Å². The topological polar surface area (TPSA) is 52.6 Å². The number of carbonyl (C=O) groups is 2. The van der Waals surface area contributed by atoms with Crippen LogP contribution in [0.2, 0.25) is 0 Å². The Morgan fingerprint density at radius 2 is 1.02 bits per heavy atom. The number of ether oxygens (including phenoxy) is 2. The average molecular weight is 519 g/mol. The highest BCUT2D eigenvalue weighted by atomic mass is 16.5. The van der Waals surface area contributed by atoms with Crippen molar-refractivity contribution in [3.63, 3.8) is 0 Å². The molecule has 0 radical (unpaired) electrons. The van der Waals surface area contributed by atoms with E-state index >= 15 is 0 Å². The molecule has 0 fully saturated rings. The monoisotopic (exact) mass is 518 g/mol. The number of methoxy groups -OCH3 is 2. The molecule has 0 spiro atoms. The highest BCUT2D eigenvalue weighted by Crippen LogP contribution is 2.35. The van der Waals surface area contributed by atoms with Gasteiger partial charge in [0.15, 0.2) is 0 Å². The Hall–Kier alpha value is -5.58. The quantitative estimate of drug-likeness (QED) is 0.141. The van der Waals surface area contributed by atoms with Gasteiger partial charge in [-0.2, -0.15) is 0 Å². The van der Waals surface area contributed by atoms with E-state index in [2.05, 4.69) is 78.3 Å². The minimum atomic E-state index is -0.554. The van der Waals surface area contributed by atoms with E-state index in [4.69, 9.17) is 9.47 Å². The van der Waals surface area contributed by atoms with Crippen molar-refractivity contribution in [3.8, 4) is 23.7 Å². The molecule has 0 heterocycles. The Morgan fingerprint density at radius 1 is 0.525 bits per heavy atom. The maximum absolute atomic E-state index is 12.0. The second-order valence-electron chi connectivity index (χ2n) is 9.33. The van der Waals surface area contributed by atoms with Crippen LogP contribution in [0.15, 0.2) is 97.1 Å². The maximum atomic E-state index is 12.0. The minimum Gasteiger partial charge on any atom is -0.465 e. The first kappa shape index (κ1) is 24.7. The lowest BCUT2D eigenvalue weighted by molar-refractivity contribution is 0.0599. The van der Waals surface area contributed by atoms with E-state index < -0.39 is 11.9 Å². The standard InChI is InChI=1S/C36H22O4/c1-39-35(37)30-20-25(21-31(22-30)36(38)40-2)11-10-23-6-8-24(9-7-23)12-13-26-14-15-29-17-16-27-4-3-5-28-18-19-32(26)34(29)33(27)28/h3-9,14-22H,1-2H3. The molecular weight excluding hydrogens is 496 g/mol. The highest BCUT2D eigenvalue weighted by Gasteiger charge is 2.13. The van der Waals surface area contributed by atoms with Gasteiger partial charge in [0.05, 0.1) is 25.3 Å². The molecule has 40 heavy (non-hydrogen) atoms. The lowest BCUT2D eigenvalue weighted by Gasteiger charge is -2.11.